The molecule has 0 saturated carbocycles. The Balaban J connectivity index is 3.67. The van der Waals surface area contributed by atoms with Crippen molar-refractivity contribution in [3.05, 3.63) is 0 Å². The molecule has 0 radical (unpaired) electrons. The Kier molecular flexibility index (Phi) is 37.0. The summed E-state index contributed by atoms with van der Waals surface area (Å²) in [6, 6.07) is 0. The smallest absolute Gasteiger partial charge is 0.0558 e. The molecule has 0 unspecified atom stereocenters. The lowest BCUT2D eigenvalue weighted by molar-refractivity contribution is 0.190. The van der Waals surface area contributed by atoms with Crippen LogP contribution >= 0.6 is 0 Å². The standard InChI is InChI=1S/C40H83NO/c1-4-7-10-13-14-15-16-17-18-19-20-23-26-31-36-41(38-39-42)37-32-27-24-21-22-25-30-35-40(33-28-11-8-5-2)34-29-12-9-6-3/h40,42H,4-39H2,1-3H3. The Morgan fingerprint density at radius 1 is 0.333 bits per heavy atom. The van der Waals surface area contributed by atoms with Crippen LogP contribution in [-0.2, 0) is 0 Å². The first-order chi connectivity index (χ1) is 20.8. The van der Waals surface area contributed by atoms with Crippen LogP contribution in [0.25, 0.3) is 0 Å². The molecule has 0 rings (SSSR count). The number of hydrogen-bond acceptors (Lipinski definition) is 2. The van der Waals surface area contributed by atoms with Crippen LogP contribution in [0.3, 0.4) is 0 Å². The highest BCUT2D eigenvalue weighted by atomic mass is 16.3. The summed E-state index contributed by atoms with van der Waals surface area (Å²) in [6.45, 7) is 10.5. The van der Waals surface area contributed by atoms with E-state index in [-0.39, 0.29) is 0 Å². The molecule has 0 amide bonds. The van der Waals surface area contributed by atoms with Crippen LogP contribution in [0.2, 0.25) is 0 Å². The van der Waals surface area contributed by atoms with Gasteiger partial charge in [-0.05, 0) is 31.8 Å². The maximum absolute atomic E-state index is 9.52. The second-order valence-electron chi connectivity index (χ2n) is 14.0. The van der Waals surface area contributed by atoms with Crippen LogP contribution in [-0.4, -0.2) is 36.2 Å². The first-order valence-corrected chi connectivity index (χ1v) is 20.1. The molecule has 0 aliphatic rings. The van der Waals surface area contributed by atoms with E-state index in [4.69, 9.17) is 0 Å². The third-order valence-electron chi connectivity index (χ3n) is 9.76. The van der Waals surface area contributed by atoms with E-state index < -0.39 is 0 Å². The molecule has 0 atom stereocenters. The van der Waals surface area contributed by atoms with Crippen molar-refractivity contribution in [2.24, 2.45) is 5.92 Å². The van der Waals surface area contributed by atoms with Gasteiger partial charge in [0.05, 0.1) is 6.61 Å². The fourth-order valence-corrected chi connectivity index (χ4v) is 6.81. The van der Waals surface area contributed by atoms with Gasteiger partial charge in [-0.2, -0.15) is 0 Å². The molecule has 0 aliphatic carbocycles. The van der Waals surface area contributed by atoms with Crippen molar-refractivity contribution in [1.29, 1.82) is 0 Å². The molecule has 0 saturated heterocycles. The zero-order valence-electron chi connectivity index (χ0n) is 29.9. The average Bonchev–Trinajstić information content (AvgIpc) is 3.00. The van der Waals surface area contributed by atoms with Gasteiger partial charge in [0, 0.05) is 6.54 Å². The molecule has 0 bridgehead atoms. The van der Waals surface area contributed by atoms with Crippen LogP contribution in [0.5, 0.6) is 0 Å². The fraction of sp³-hybridized carbons (Fsp3) is 1.00. The Morgan fingerprint density at radius 2 is 0.595 bits per heavy atom. The molecule has 254 valence electrons. The minimum atomic E-state index is 0.316. The molecule has 0 fully saturated rings. The van der Waals surface area contributed by atoms with E-state index in [0.717, 1.165) is 12.5 Å². The summed E-state index contributed by atoms with van der Waals surface area (Å²) < 4.78 is 0. The first kappa shape index (κ1) is 41.9. The predicted octanol–water partition coefficient (Wildman–Crippen LogP) is 13.4. The van der Waals surface area contributed by atoms with Crippen LogP contribution < -0.4 is 0 Å². The van der Waals surface area contributed by atoms with Gasteiger partial charge in [0.15, 0.2) is 0 Å². The van der Waals surface area contributed by atoms with E-state index in [2.05, 4.69) is 25.7 Å². The van der Waals surface area contributed by atoms with Crippen molar-refractivity contribution < 1.29 is 5.11 Å². The molecule has 42 heavy (non-hydrogen) atoms. The minimum Gasteiger partial charge on any atom is -0.395 e. The quantitative estimate of drug-likeness (QED) is 0.0724. The highest BCUT2D eigenvalue weighted by Gasteiger charge is 2.09. The van der Waals surface area contributed by atoms with Crippen molar-refractivity contribution in [1.82, 2.24) is 4.90 Å². The summed E-state index contributed by atoms with van der Waals surface area (Å²) in [4.78, 5) is 2.53. The van der Waals surface area contributed by atoms with Crippen molar-refractivity contribution in [3.63, 3.8) is 0 Å². The molecule has 0 spiro atoms. The topological polar surface area (TPSA) is 23.5 Å². The van der Waals surface area contributed by atoms with Gasteiger partial charge in [0.1, 0.15) is 0 Å². The lowest BCUT2D eigenvalue weighted by atomic mass is 9.89. The minimum absolute atomic E-state index is 0.316. The van der Waals surface area contributed by atoms with Crippen LogP contribution in [0.4, 0.5) is 0 Å². The molecule has 2 heteroatoms. The van der Waals surface area contributed by atoms with Gasteiger partial charge in [-0.15, -0.1) is 0 Å². The fourth-order valence-electron chi connectivity index (χ4n) is 6.81. The van der Waals surface area contributed by atoms with Crippen molar-refractivity contribution >= 4 is 0 Å². The van der Waals surface area contributed by atoms with Crippen LogP contribution in [0, 0.1) is 5.92 Å². The van der Waals surface area contributed by atoms with Crippen LogP contribution in [0.15, 0.2) is 0 Å². The second kappa shape index (κ2) is 37.1. The van der Waals surface area contributed by atoms with Crippen LogP contribution in [0.1, 0.15) is 226 Å². The Morgan fingerprint density at radius 3 is 0.905 bits per heavy atom. The monoisotopic (exact) mass is 594 g/mol. The van der Waals surface area contributed by atoms with Gasteiger partial charge in [-0.25, -0.2) is 0 Å². The Labute approximate surface area is 268 Å². The molecule has 0 aliphatic heterocycles. The van der Waals surface area contributed by atoms with Crippen molar-refractivity contribution in [2.45, 2.75) is 226 Å². The molecule has 1 N–H and O–H groups in total. The summed E-state index contributed by atoms with van der Waals surface area (Å²) in [7, 11) is 0. The summed E-state index contributed by atoms with van der Waals surface area (Å²) in [5, 5.41) is 9.52. The van der Waals surface area contributed by atoms with E-state index in [9.17, 15) is 5.11 Å². The van der Waals surface area contributed by atoms with Gasteiger partial charge in [0.25, 0.3) is 0 Å². The lowest BCUT2D eigenvalue weighted by Gasteiger charge is -2.21. The summed E-state index contributed by atoms with van der Waals surface area (Å²) >= 11 is 0. The average molecular weight is 594 g/mol. The number of unbranched alkanes of at least 4 members (excludes halogenated alkanes) is 25. The Bertz CT molecular complexity index is 455. The number of aliphatic hydroxyl groups excluding tert-OH is 1. The molecular formula is C40H83NO. The molecule has 0 aromatic rings. The second-order valence-corrected chi connectivity index (χ2v) is 14.0. The summed E-state index contributed by atoms with van der Waals surface area (Å²) in [6.07, 6.45) is 45.7. The van der Waals surface area contributed by atoms with E-state index in [0.29, 0.717) is 6.61 Å². The lowest BCUT2D eigenvalue weighted by Crippen LogP contribution is -2.29. The van der Waals surface area contributed by atoms with Crippen molar-refractivity contribution in [3.8, 4) is 0 Å². The van der Waals surface area contributed by atoms with Gasteiger partial charge < -0.3 is 10.0 Å². The molecular weight excluding hydrogens is 510 g/mol. The SMILES string of the molecule is CCCCCCCCCCCCCCCCN(CCO)CCCCCCCCCC(CCCCCC)CCCCCC. The molecule has 0 aromatic carbocycles. The third-order valence-corrected chi connectivity index (χ3v) is 9.76. The van der Waals surface area contributed by atoms with E-state index in [1.165, 1.54) is 219 Å². The van der Waals surface area contributed by atoms with Gasteiger partial charge in [-0.1, -0.05) is 213 Å². The third kappa shape index (κ3) is 32.8. The molecule has 2 nitrogen and oxygen atoms in total. The largest absolute Gasteiger partial charge is 0.395 e. The number of aliphatic hydroxyl groups is 1. The van der Waals surface area contributed by atoms with Gasteiger partial charge >= 0.3 is 0 Å². The van der Waals surface area contributed by atoms with E-state index in [1.807, 2.05) is 0 Å². The van der Waals surface area contributed by atoms with Crippen molar-refractivity contribution in [2.75, 3.05) is 26.2 Å². The van der Waals surface area contributed by atoms with Gasteiger partial charge in [-0.3, -0.25) is 0 Å². The first-order valence-electron chi connectivity index (χ1n) is 20.1. The predicted molar refractivity (Wildman–Crippen MR) is 192 cm³/mol. The van der Waals surface area contributed by atoms with E-state index in [1.54, 1.807) is 0 Å². The number of hydrogen-bond donors (Lipinski definition) is 1. The maximum atomic E-state index is 9.52. The maximum Gasteiger partial charge on any atom is 0.0558 e. The highest BCUT2D eigenvalue weighted by molar-refractivity contribution is 4.63. The zero-order chi connectivity index (χ0) is 30.6. The molecule has 0 aromatic heterocycles. The highest BCUT2D eigenvalue weighted by Crippen LogP contribution is 2.24. The number of rotatable bonds is 37. The van der Waals surface area contributed by atoms with E-state index >= 15 is 0 Å². The number of nitrogens with zero attached hydrogens (tertiary/aromatic N) is 1. The summed E-state index contributed by atoms with van der Waals surface area (Å²) in [5.74, 6) is 1.01. The zero-order valence-corrected chi connectivity index (χ0v) is 29.9. The van der Waals surface area contributed by atoms with Gasteiger partial charge in [0.2, 0.25) is 0 Å². The molecule has 0 heterocycles. The summed E-state index contributed by atoms with van der Waals surface area (Å²) in [5.41, 5.74) is 0. The Hall–Kier alpha value is -0.0800. The normalized spacial score (nSPS) is 11.9.